The number of phosphoric ester groups is 1. The monoisotopic (exact) mass is 1170 g/mol. The molecule has 0 radical (unpaired) electrons. The summed E-state index contributed by atoms with van der Waals surface area (Å²) >= 11 is 0. The standard InChI is InChI=1S/C73H124NO8P/c1-3-5-7-9-11-13-15-17-19-21-23-25-27-29-31-33-34-35-36-38-39-41-43-45-47-49-51-53-55-57-59-61-63-65-72(75)79-69-71(70-81-83(77,78)80-68-67-74)82-73(76)66-64-62-60-58-56-54-52-50-48-46-44-42-40-37-32-30-28-26-24-22-20-18-16-14-12-10-8-6-4-2/h5-8,11-14,17-20,23-26,30,32,40,42,46,48,71H,3-4,9-10,15-16,21-22,27-29,31,33-39,41,43-45,47,49-70,74H2,1-2H3,(H,77,78)/b7-5-,8-6-,13-11-,14-12-,19-17-,20-18-,25-23-,26-24-,32-30-,42-40-,48-46-. The molecular formula is C73H124NO8P. The molecule has 83 heavy (non-hydrogen) atoms. The fraction of sp³-hybridized carbons (Fsp3) is 0.671. The number of rotatable bonds is 62. The maximum absolute atomic E-state index is 12.8. The zero-order chi connectivity index (χ0) is 60.1. The number of hydrogen-bond acceptors (Lipinski definition) is 8. The van der Waals surface area contributed by atoms with Gasteiger partial charge in [-0.1, -0.05) is 295 Å². The minimum Gasteiger partial charge on any atom is -0.462 e. The van der Waals surface area contributed by atoms with E-state index in [1.807, 2.05) is 0 Å². The fourth-order valence-electron chi connectivity index (χ4n) is 9.14. The van der Waals surface area contributed by atoms with Crippen LogP contribution in [0.1, 0.15) is 284 Å². The highest BCUT2D eigenvalue weighted by atomic mass is 31.2. The summed E-state index contributed by atoms with van der Waals surface area (Å²) in [6.45, 7) is 3.52. The number of allylic oxidation sites excluding steroid dienone is 22. The van der Waals surface area contributed by atoms with Gasteiger partial charge in [-0.05, 0) is 109 Å². The van der Waals surface area contributed by atoms with Crippen LogP contribution in [-0.2, 0) is 32.7 Å². The van der Waals surface area contributed by atoms with Gasteiger partial charge in [-0.25, -0.2) is 4.57 Å². The molecule has 0 heterocycles. The molecule has 0 aromatic carbocycles. The maximum Gasteiger partial charge on any atom is 0.472 e. The molecule has 2 atom stereocenters. The van der Waals surface area contributed by atoms with E-state index in [0.717, 1.165) is 116 Å². The van der Waals surface area contributed by atoms with Crippen LogP contribution in [0.2, 0.25) is 0 Å². The summed E-state index contributed by atoms with van der Waals surface area (Å²) in [7, 11) is -4.40. The number of hydrogen-bond donors (Lipinski definition) is 2. The lowest BCUT2D eigenvalue weighted by molar-refractivity contribution is -0.161. The Morgan fingerprint density at radius 2 is 0.627 bits per heavy atom. The van der Waals surface area contributed by atoms with Crippen LogP contribution >= 0.6 is 7.82 Å². The number of carbonyl (C=O) groups excluding carboxylic acids is 2. The quantitative estimate of drug-likeness (QED) is 0.0264. The van der Waals surface area contributed by atoms with E-state index in [9.17, 15) is 19.0 Å². The van der Waals surface area contributed by atoms with Crippen molar-refractivity contribution >= 4 is 19.8 Å². The first-order chi connectivity index (χ1) is 40.8. The molecule has 0 amide bonds. The van der Waals surface area contributed by atoms with E-state index < -0.39 is 26.5 Å². The zero-order valence-electron chi connectivity index (χ0n) is 53.1. The smallest absolute Gasteiger partial charge is 0.462 e. The maximum atomic E-state index is 12.8. The second-order valence-corrected chi connectivity index (χ2v) is 23.4. The Morgan fingerprint density at radius 3 is 0.928 bits per heavy atom. The first kappa shape index (κ1) is 79.2. The van der Waals surface area contributed by atoms with Crippen LogP contribution in [0.4, 0.5) is 0 Å². The highest BCUT2D eigenvalue weighted by molar-refractivity contribution is 7.47. The largest absolute Gasteiger partial charge is 0.472 e. The average Bonchev–Trinajstić information content (AvgIpc) is 3.49. The number of nitrogens with two attached hydrogens (primary N) is 1. The predicted octanol–water partition coefficient (Wildman–Crippen LogP) is 22.1. The van der Waals surface area contributed by atoms with Crippen molar-refractivity contribution in [2.45, 2.75) is 290 Å². The number of esters is 2. The molecule has 474 valence electrons. The summed E-state index contributed by atoms with van der Waals surface area (Å²) in [6, 6.07) is 0. The van der Waals surface area contributed by atoms with E-state index >= 15 is 0 Å². The van der Waals surface area contributed by atoms with Crippen LogP contribution in [0.5, 0.6) is 0 Å². The van der Waals surface area contributed by atoms with Gasteiger partial charge in [0.15, 0.2) is 6.10 Å². The molecular weight excluding hydrogens is 1050 g/mol. The molecule has 9 nitrogen and oxygen atoms in total. The van der Waals surface area contributed by atoms with E-state index in [-0.39, 0.29) is 38.6 Å². The van der Waals surface area contributed by atoms with Crippen LogP contribution in [0, 0.1) is 0 Å². The summed E-state index contributed by atoms with van der Waals surface area (Å²) in [5, 5.41) is 0. The topological polar surface area (TPSA) is 134 Å². The van der Waals surface area contributed by atoms with E-state index in [0.29, 0.717) is 6.42 Å². The Labute approximate surface area is 510 Å². The molecule has 0 aliphatic heterocycles. The first-order valence-electron chi connectivity index (χ1n) is 33.7. The molecule has 0 aromatic heterocycles. The lowest BCUT2D eigenvalue weighted by atomic mass is 10.0. The van der Waals surface area contributed by atoms with Crippen molar-refractivity contribution in [2.24, 2.45) is 5.73 Å². The van der Waals surface area contributed by atoms with Gasteiger partial charge in [-0.15, -0.1) is 0 Å². The van der Waals surface area contributed by atoms with Gasteiger partial charge in [0.25, 0.3) is 0 Å². The highest BCUT2D eigenvalue weighted by Crippen LogP contribution is 2.43. The van der Waals surface area contributed by atoms with Crippen molar-refractivity contribution in [1.29, 1.82) is 0 Å². The van der Waals surface area contributed by atoms with Crippen LogP contribution in [0.3, 0.4) is 0 Å². The normalized spacial score (nSPS) is 13.8. The average molecular weight is 1170 g/mol. The van der Waals surface area contributed by atoms with Gasteiger partial charge in [0.05, 0.1) is 13.2 Å². The third-order valence-corrected chi connectivity index (χ3v) is 15.0. The molecule has 0 rings (SSSR count). The zero-order valence-corrected chi connectivity index (χ0v) is 54.0. The van der Waals surface area contributed by atoms with Gasteiger partial charge >= 0.3 is 19.8 Å². The van der Waals surface area contributed by atoms with E-state index in [2.05, 4.69) is 148 Å². The minimum absolute atomic E-state index is 0.0461. The third-order valence-electron chi connectivity index (χ3n) is 14.0. The van der Waals surface area contributed by atoms with Crippen molar-refractivity contribution in [3.8, 4) is 0 Å². The van der Waals surface area contributed by atoms with Crippen molar-refractivity contribution in [3.63, 3.8) is 0 Å². The van der Waals surface area contributed by atoms with Crippen molar-refractivity contribution in [3.05, 3.63) is 134 Å². The Morgan fingerprint density at radius 1 is 0.361 bits per heavy atom. The molecule has 0 aliphatic carbocycles. The molecule has 0 saturated heterocycles. The summed E-state index contributed by atoms with van der Waals surface area (Å²) in [5.74, 6) is -0.839. The molecule has 10 heteroatoms. The lowest BCUT2D eigenvalue weighted by Gasteiger charge is -2.19. The van der Waals surface area contributed by atoms with Gasteiger partial charge in [0, 0.05) is 19.4 Å². The third kappa shape index (κ3) is 67.2. The number of unbranched alkanes of at least 4 members (excludes halogenated alkanes) is 27. The minimum atomic E-state index is -4.40. The number of carbonyl (C=O) groups is 2. The van der Waals surface area contributed by atoms with Crippen LogP contribution < -0.4 is 5.73 Å². The summed E-state index contributed by atoms with van der Waals surface area (Å²) in [6.07, 6.45) is 95.3. The van der Waals surface area contributed by atoms with Crippen molar-refractivity contribution < 1.29 is 37.6 Å². The van der Waals surface area contributed by atoms with Gasteiger partial charge in [-0.3, -0.25) is 18.6 Å². The summed E-state index contributed by atoms with van der Waals surface area (Å²) in [5.41, 5.74) is 5.40. The number of phosphoric acid groups is 1. The van der Waals surface area contributed by atoms with E-state index in [4.69, 9.17) is 24.3 Å². The van der Waals surface area contributed by atoms with E-state index in [1.165, 1.54) is 135 Å². The molecule has 2 unspecified atom stereocenters. The van der Waals surface area contributed by atoms with E-state index in [1.54, 1.807) is 0 Å². The van der Waals surface area contributed by atoms with Crippen LogP contribution in [0.15, 0.2) is 134 Å². The second-order valence-electron chi connectivity index (χ2n) is 21.9. The molecule has 0 aromatic rings. The molecule has 0 bridgehead atoms. The number of ether oxygens (including phenoxy) is 2. The Hall–Kier alpha value is -3.85. The first-order valence-corrected chi connectivity index (χ1v) is 35.2. The lowest BCUT2D eigenvalue weighted by Crippen LogP contribution is -2.29. The SMILES string of the molecule is CC/C=C\C/C=C\C/C=C\C/C=C\C/C=C\C/C=C\C/C=C\CCCCCCCCCC(=O)OC(COC(=O)CCCCCCCCCCCCCCCCCCCCCC/C=C\C/C=C\C/C=C\C/C=C\CC)COP(=O)(O)OCCN. The van der Waals surface area contributed by atoms with Crippen molar-refractivity contribution in [1.82, 2.24) is 0 Å². The molecule has 0 fully saturated rings. The molecule has 0 aliphatic rings. The molecule has 0 saturated carbocycles. The van der Waals surface area contributed by atoms with Crippen molar-refractivity contribution in [2.75, 3.05) is 26.4 Å². The molecule has 0 spiro atoms. The van der Waals surface area contributed by atoms with Gasteiger partial charge < -0.3 is 20.1 Å². The summed E-state index contributed by atoms with van der Waals surface area (Å²) in [4.78, 5) is 35.3. The fourth-order valence-corrected chi connectivity index (χ4v) is 9.90. The second kappa shape index (κ2) is 67.3. The summed E-state index contributed by atoms with van der Waals surface area (Å²) < 4.78 is 33.1. The Balaban J connectivity index is 3.93. The predicted molar refractivity (Wildman–Crippen MR) is 357 cm³/mol. The van der Waals surface area contributed by atoms with Crippen LogP contribution in [0.25, 0.3) is 0 Å². The van der Waals surface area contributed by atoms with Crippen LogP contribution in [-0.4, -0.2) is 49.3 Å². The van der Waals surface area contributed by atoms with Gasteiger partial charge in [0.2, 0.25) is 0 Å². The highest BCUT2D eigenvalue weighted by Gasteiger charge is 2.26. The van der Waals surface area contributed by atoms with Gasteiger partial charge in [-0.2, -0.15) is 0 Å². The Kier molecular flexibility index (Phi) is 64.2. The Bertz CT molecular complexity index is 1820. The molecule has 3 N–H and O–H groups in total. The van der Waals surface area contributed by atoms with Gasteiger partial charge in [0.1, 0.15) is 6.61 Å².